The van der Waals surface area contributed by atoms with Crippen molar-refractivity contribution in [2.75, 3.05) is 6.54 Å². The molecule has 1 heterocycles. The highest BCUT2D eigenvalue weighted by Gasteiger charge is 2.12. The normalized spacial score (nSPS) is 13.2. The Bertz CT molecular complexity index is 502. The van der Waals surface area contributed by atoms with Crippen molar-refractivity contribution in [2.45, 2.75) is 26.3 Å². The molecule has 0 fully saturated rings. The van der Waals surface area contributed by atoms with Crippen molar-refractivity contribution in [3.05, 3.63) is 35.0 Å². The van der Waals surface area contributed by atoms with Crippen molar-refractivity contribution < 1.29 is 0 Å². The van der Waals surface area contributed by atoms with E-state index < -0.39 is 0 Å². The number of rotatable bonds is 3. The molecule has 2 N–H and O–H groups in total. The van der Waals surface area contributed by atoms with Crippen LogP contribution in [0.5, 0.6) is 0 Å². The molecular formula is C13H17ClN2. The Kier molecular flexibility index (Phi) is 3.22. The second kappa shape index (κ2) is 4.48. The Morgan fingerprint density at radius 3 is 2.81 bits per heavy atom. The lowest BCUT2D eigenvalue weighted by Crippen LogP contribution is -2.08. The summed E-state index contributed by atoms with van der Waals surface area (Å²) < 4.78 is 2.22. The minimum atomic E-state index is 0.386. The summed E-state index contributed by atoms with van der Waals surface area (Å²) in [6.07, 6.45) is 2.19. The van der Waals surface area contributed by atoms with Crippen molar-refractivity contribution in [2.24, 2.45) is 5.73 Å². The molecule has 1 unspecified atom stereocenters. The van der Waals surface area contributed by atoms with Gasteiger partial charge in [-0.1, -0.05) is 24.6 Å². The van der Waals surface area contributed by atoms with Crippen LogP contribution < -0.4 is 5.73 Å². The summed E-state index contributed by atoms with van der Waals surface area (Å²) in [5, 5.41) is 2.05. The maximum Gasteiger partial charge on any atom is 0.0498 e. The second-order valence-electron chi connectivity index (χ2n) is 4.17. The number of fused-ring (bicyclic) bond motifs is 1. The smallest absolute Gasteiger partial charge is 0.0498 e. The van der Waals surface area contributed by atoms with E-state index in [2.05, 4.69) is 30.7 Å². The lowest BCUT2D eigenvalue weighted by atomic mass is 10.0. The highest BCUT2D eigenvalue weighted by Crippen LogP contribution is 2.29. The second-order valence-corrected chi connectivity index (χ2v) is 4.61. The van der Waals surface area contributed by atoms with Crippen LogP contribution in [-0.2, 0) is 6.54 Å². The van der Waals surface area contributed by atoms with Gasteiger partial charge < -0.3 is 10.3 Å². The predicted molar refractivity (Wildman–Crippen MR) is 70.1 cm³/mol. The van der Waals surface area contributed by atoms with E-state index in [0.29, 0.717) is 12.5 Å². The number of aryl methyl sites for hydroxylation is 1. The van der Waals surface area contributed by atoms with Crippen LogP contribution in [-0.4, -0.2) is 11.1 Å². The Morgan fingerprint density at radius 2 is 2.19 bits per heavy atom. The van der Waals surface area contributed by atoms with Gasteiger partial charge in [0.15, 0.2) is 0 Å². The third-order valence-electron chi connectivity index (χ3n) is 3.10. The molecule has 0 aliphatic heterocycles. The highest BCUT2D eigenvalue weighted by atomic mass is 35.5. The fraction of sp³-hybridized carbons (Fsp3) is 0.385. The van der Waals surface area contributed by atoms with Crippen LogP contribution in [0.1, 0.15) is 25.3 Å². The molecule has 2 aromatic rings. The number of nitrogens with two attached hydrogens (primary N) is 1. The number of nitrogens with zero attached hydrogens (tertiary/aromatic N) is 1. The largest absolute Gasteiger partial charge is 0.347 e. The molecular weight excluding hydrogens is 220 g/mol. The van der Waals surface area contributed by atoms with Crippen molar-refractivity contribution in [3.8, 4) is 0 Å². The summed E-state index contributed by atoms with van der Waals surface area (Å²) in [6.45, 7) is 5.92. The zero-order valence-electron chi connectivity index (χ0n) is 9.70. The first-order valence-corrected chi connectivity index (χ1v) is 6.03. The number of hydrogen-bond donors (Lipinski definition) is 1. The van der Waals surface area contributed by atoms with Crippen molar-refractivity contribution in [3.63, 3.8) is 0 Å². The molecule has 0 saturated carbocycles. The van der Waals surface area contributed by atoms with Crippen LogP contribution in [0, 0.1) is 0 Å². The lowest BCUT2D eigenvalue weighted by Gasteiger charge is -2.06. The SMILES string of the molecule is CCn1cc(C(C)CN)c2ccc(Cl)cc21. The van der Waals surface area contributed by atoms with Gasteiger partial charge in [0.25, 0.3) is 0 Å². The van der Waals surface area contributed by atoms with E-state index in [-0.39, 0.29) is 0 Å². The van der Waals surface area contributed by atoms with E-state index >= 15 is 0 Å². The van der Waals surface area contributed by atoms with Gasteiger partial charge in [-0.05, 0) is 37.1 Å². The molecule has 1 aromatic carbocycles. The molecule has 2 rings (SSSR count). The maximum absolute atomic E-state index is 6.03. The number of aromatic nitrogens is 1. The summed E-state index contributed by atoms with van der Waals surface area (Å²) in [5.41, 5.74) is 8.26. The van der Waals surface area contributed by atoms with E-state index in [4.69, 9.17) is 17.3 Å². The Balaban J connectivity index is 2.67. The first-order valence-electron chi connectivity index (χ1n) is 5.65. The Hall–Kier alpha value is -0.990. The maximum atomic E-state index is 6.03. The monoisotopic (exact) mass is 236 g/mol. The summed E-state index contributed by atoms with van der Waals surface area (Å²) in [5.74, 6) is 0.386. The third kappa shape index (κ3) is 1.83. The van der Waals surface area contributed by atoms with Crippen LogP contribution in [0.15, 0.2) is 24.4 Å². The zero-order valence-corrected chi connectivity index (χ0v) is 10.5. The first-order chi connectivity index (χ1) is 7.67. The lowest BCUT2D eigenvalue weighted by molar-refractivity contribution is 0.752. The minimum absolute atomic E-state index is 0.386. The van der Waals surface area contributed by atoms with Gasteiger partial charge in [-0.2, -0.15) is 0 Å². The molecule has 86 valence electrons. The highest BCUT2D eigenvalue weighted by molar-refractivity contribution is 6.31. The molecule has 0 bridgehead atoms. The number of benzene rings is 1. The van der Waals surface area contributed by atoms with Gasteiger partial charge in [0.1, 0.15) is 0 Å². The molecule has 0 aliphatic rings. The van der Waals surface area contributed by atoms with E-state index in [9.17, 15) is 0 Å². The molecule has 0 spiro atoms. The van der Waals surface area contributed by atoms with Crippen molar-refractivity contribution >= 4 is 22.5 Å². The Labute approximate surface area is 101 Å². The van der Waals surface area contributed by atoms with Gasteiger partial charge in [0.2, 0.25) is 0 Å². The quantitative estimate of drug-likeness (QED) is 0.870. The summed E-state index contributed by atoms with van der Waals surface area (Å²) in [6, 6.07) is 6.05. The first kappa shape index (κ1) is 11.5. The molecule has 0 aliphatic carbocycles. The van der Waals surface area contributed by atoms with Gasteiger partial charge >= 0.3 is 0 Å². The van der Waals surface area contributed by atoms with Crippen LogP contribution in [0.25, 0.3) is 10.9 Å². The molecule has 0 radical (unpaired) electrons. The summed E-state index contributed by atoms with van der Waals surface area (Å²) in [7, 11) is 0. The van der Waals surface area contributed by atoms with Crippen LogP contribution >= 0.6 is 11.6 Å². The standard InChI is InChI=1S/C13H17ClN2/c1-3-16-8-12(9(2)7-15)11-5-4-10(14)6-13(11)16/h4-6,8-9H,3,7,15H2,1-2H3. The van der Waals surface area contributed by atoms with E-state index in [1.807, 2.05) is 12.1 Å². The van der Waals surface area contributed by atoms with Crippen molar-refractivity contribution in [1.29, 1.82) is 0 Å². The Morgan fingerprint density at radius 1 is 1.44 bits per heavy atom. The fourth-order valence-corrected chi connectivity index (χ4v) is 2.24. The fourth-order valence-electron chi connectivity index (χ4n) is 2.07. The van der Waals surface area contributed by atoms with E-state index in [1.165, 1.54) is 16.5 Å². The topological polar surface area (TPSA) is 30.9 Å². The molecule has 1 aromatic heterocycles. The zero-order chi connectivity index (χ0) is 11.7. The predicted octanol–water partition coefficient (Wildman–Crippen LogP) is 3.38. The van der Waals surface area contributed by atoms with Gasteiger partial charge in [-0.3, -0.25) is 0 Å². The minimum Gasteiger partial charge on any atom is -0.347 e. The molecule has 3 heteroatoms. The van der Waals surface area contributed by atoms with Crippen molar-refractivity contribution in [1.82, 2.24) is 4.57 Å². The number of halogens is 1. The molecule has 2 nitrogen and oxygen atoms in total. The van der Waals surface area contributed by atoms with Gasteiger partial charge in [-0.15, -0.1) is 0 Å². The van der Waals surface area contributed by atoms with E-state index in [1.54, 1.807) is 0 Å². The molecule has 0 saturated heterocycles. The van der Waals surface area contributed by atoms with Crippen LogP contribution in [0.2, 0.25) is 5.02 Å². The molecule has 0 amide bonds. The third-order valence-corrected chi connectivity index (χ3v) is 3.34. The van der Waals surface area contributed by atoms with Gasteiger partial charge in [0, 0.05) is 28.7 Å². The van der Waals surface area contributed by atoms with E-state index in [0.717, 1.165) is 11.6 Å². The average Bonchev–Trinajstić information content (AvgIpc) is 2.66. The average molecular weight is 237 g/mol. The van der Waals surface area contributed by atoms with Gasteiger partial charge in [-0.25, -0.2) is 0 Å². The molecule has 1 atom stereocenters. The summed E-state index contributed by atoms with van der Waals surface area (Å²) in [4.78, 5) is 0. The van der Waals surface area contributed by atoms with Crippen LogP contribution in [0.4, 0.5) is 0 Å². The number of hydrogen-bond acceptors (Lipinski definition) is 1. The summed E-state index contributed by atoms with van der Waals surface area (Å²) >= 11 is 6.03. The van der Waals surface area contributed by atoms with Crippen LogP contribution in [0.3, 0.4) is 0 Å². The van der Waals surface area contributed by atoms with Gasteiger partial charge in [0.05, 0.1) is 0 Å². The molecule has 16 heavy (non-hydrogen) atoms.